The number of benzene rings is 1. The molecule has 0 radical (unpaired) electrons. The van der Waals surface area contributed by atoms with E-state index in [4.69, 9.17) is 0 Å². The van der Waals surface area contributed by atoms with Crippen molar-refractivity contribution in [2.24, 2.45) is 0 Å². The largest absolute Gasteiger partial charge is 0.353 e. The highest BCUT2D eigenvalue weighted by molar-refractivity contribution is 7.18. The summed E-state index contributed by atoms with van der Waals surface area (Å²) in [6.45, 7) is 4.21. The molecule has 1 amide bonds. The van der Waals surface area contributed by atoms with Gasteiger partial charge in [0.2, 0.25) is 5.91 Å². The first-order valence-corrected chi connectivity index (χ1v) is 7.29. The minimum Gasteiger partial charge on any atom is -0.353 e. The van der Waals surface area contributed by atoms with Crippen molar-refractivity contribution < 1.29 is 4.79 Å². The summed E-state index contributed by atoms with van der Waals surface area (Å²) in [5, 5.41) is 3.94. The number of fused-ring (bicyclic) bond motifs is 3. The van der Waals surface area contributed by atoms with E-state index < -0.39 is 0 Å². The second-order valence-electron chi connectivity index (χ2n) is 4.85. The zero-order valence-corrected chi connectivity index (χ0v) is 11.9. The number of nitrogens with one attached hydrogen (secondary N) is 1. The molecule has 0 spiro atoms. The summed E-state index contributed by atoms with van der Waals surface area (Å²) in [6.07, 6.45) is 4.29. The predicted octanol–water partition coefficient (Wildman–Crippen LogP) is 3.07. The Balaban J connectivity index is 2.02. The fourth-order valence-corrected chi connectivity index (χ4v) is 3.64. The summed E-state index contributed by atoms with van der Waals surface area (Å²) in [7, 11) is 0. The molecule has 1 aromatic carbocycles. The van der Waals surface area contributed by atoms with Crippen LogP contribution in [0, 0.1) is 6.92 Å². The van der Waals surface area contributed by atoms with Crippen LogP contribution in [0.1, 0.15) is 29.5 Å². The highest BCUT2D eigenvalue weighted by Gasteiger charge is 2.20. The SMILES string of the molecule is CC(=O)NCC=C1CCc2ccc3nc(C)sc3c21. The van der Waals surface area contributed by atoms with Gasteiger partial charge in [0.25, 0.3) is 0 Å². The van der Waals surface area contributed by atoms with Gasteiger partial charge in [-0.3, -0.25) is 4.79 Å². The monoisotopic (exact) mass is 272 g/mol. The smallest absolute Gasteiger partial charge is 0.217 e. The fourth-order valence-electron chi connectivity index (χ4n) is 2.62. The van der Waals surface area contributed by atoms with Crippen LogP contribution in [0.15, 0.2) is 18.2 Å². The third-order valence-corrected chi connectivity index (χ3v) is 4.44. The number of aryl methyl sites for hydroxylation is 2. The van der Waals surface area contributed by atoms with Crippen molar-refractivity contribution in [1.29, 1.82) is 0 Å². The number of aromatic nitrogens is 1. The molecule has 0 saturated carbocycles. The van der Waals surface area contributed by atoms with Crippen molar-refractivity contribution in [3.05, 3.63) is 34.3 Å². The van der Waals surface area contributed by atoms with E-state index in [2.05, 4.69) is 28.5 Å². The Labute approximate surface area is 116 Å². The number of hydrogen-bond acceptors (Lipinski definition) is 3. The molecule has 2 aromatic rings. The number of carbonyl (C=O) groups is 1. The van der Waals surface area contributed by atoms with Crippen molar-refractivity contribution in [2.75, 3.05) is 6.54 Å². The first-order valence-electron chi connectivity index (χ1n) is 6.48. The maximum absolute atomic E-state index is 10.9. The number of hydrogen-bond donors (Lipinski definition) is 1. The Morgan fingerprint density at radius 3 is 3.11 bits per heavy atom. The third kappa shape index (κ3) is 2.28. The minimum absolute atomic E-state index is 0.0157. The molecule has 4 heteroatoms. The zero-order valence-electron chi connectivity index (χ0n) is 11.1. The van der Waals surface area contributed by atoms with Crippen LogP contribution in [0.5, 0.6) is 0 Å². The Kier molecular flexibility index (Phi) is 3.11. The molecule has 0 bridgehead atoms. The molecule has 0 saturated heterocycles. The topological polar surface area (TPSA) is 42.0 Å². The highest BCUT2D eigenvalue weighted by atomic mass is 32.1. The quantitative estimate of drug-likeness (QED) is 0.913. The van der Waals surface area contributed by atoms with E-state index in [1.165, 1.54) is 21.4 Å². The van der Waals surface area contributed by atoms with Gasteiger partial charge in [-0.15, -0.1) is 11.3 Å². The van der Waals surface area contributed by atoms with E-state index in [-0.39, 0.29) is 5.91 Å². The second-order valence-corrected chi connectivity index (χ2v) is 6.05. The van der Waals surface area contributed by atoms with E-state index >= 15 is 0 Å². The Hall–Kier alpha value is -1.68. The predicted molar refractivity (Wildman–Crippen MR) is 79.3 cm³/mol. The average Bonchev–Trinajstić information content (AvgIpc) is 2.90. The lowest BCUT2D eigenvalue weighted by Crippen LogP contribution is -2.19. The second kappa shape index (κ2) is 4.78. The molecule has 3 rings (SSSR count). The molecule has 98 valence electrons. The van der Waals surface area contributed by atoms with Crippen LogP contribution in [-0.4, -0.2) is 17.4 Å². The van der Waals surface area contributed by atoms with Crippen molar-refractivity contribution in [3.63, 3.8) is 0 Å². The molecule has 0 atom stereocenters. The molecule has 0 unspecified atom stereocenters. The fraction of sp³-hybridized carbons (Fsp3) is 0.333. The normalized spacial score (nSPS) is 16.0. The number of amides is 1. The molecular formula is C15H16N2OS. The van der Waals surface area contributed by atoms with E-state index in [0.717, 1.165) is 23.4 Å². The Bertz CT molecular complexity index is 685. The minimum atomic E-state index is 0.0157. The van der Waals surface area contributed by atoms with Crippen LogP contribution in [0.3, 0.4) is 0 Å². The number of thiazole rings is 1. The zero-order chi connectivity index (χ0) is 13.4. The van der Waals surface area contributed by atoms with Crippen LogP contribution in [-0.2, 0) is 11.2 Å². The first-order chi connectivity index (χ1) is 9.15. The van der Waals surface area contributed by atoms with Gasteiger partial charge < -0.3 is 5.32 Å². The van der Waals surface area contributed by atoms with Gasteiger partial charge in [0, 0.05) is 19.0 Å². The Morgan fingerprint density at radius 1 is 1.47 bits per heavy atom. The van der Waals surface area contributed by atoms with Crippen molar-refractivity contribution in [1.82, 2.24) is 10.3 Å². The van der Waals surface area contributed by atoms with E-state index in [0.29, 0.717) is 6.54 Å². The molecule has 3 nitrogen and oxygen atoms in total. The van der Waals surface area contributed by atoms with Gasteiger partial charge in [-0.2, -0.15) is 0 Å². The standard InChI is InChI=1S/C15H16N2OS/c1-9(18)16-8-7-12-4-3-11-5-6-13-15(14(11)12)19-10(2)17-13/h5-7H,3-4,8H2,1-2H3,(H,16,18). The number of carbonyl (C=O) groups excluding carboxylic acids is 1. The van der Waals surface area contributed by atoms with Crippen LogP contribution in [0.2, 0.25) is 0 Å². The molecule has 1 aliphatic rings. The lowest BCUT2D eigenvalue weighted by molar-refractivity contribution is -0.118. The van der Waals surface area contributed by atoms with Gasteiger partial charge in [0.15, 0.2) is 0 Å². The molecule has 1 aromatic heterocycles. The summed E-state index contributed by atoms with van der Waals surface area (Å²) in [6, 6.07) is 4.31. The van der Waals surface area contributed by atoms with Crippen LogP contribution < -0.4 is 5.32 Å². The number of rotatable bonds is 2. The highest BCUT2D eigenvalue weighted by Crippen LogP contribution is 2.39. The lowest BCUT2D eigenvalue weighted by Gasteiger charge is -2.03. The number of nitrogens with zero attached hydrogens (tertiary/aromatic N) is 1. The van der Waals surface area contributed by atoms with Gasteiger partial charge in [0.1, 0.15) is 0 Å². The average molecular weight is 272 g/mol. The lowest BCUT2D eigenvalue weighted by atomic mass is 10.1. The molecule has 1 heterocycles. The van der Waals surface area contributed by atoms with Gasteiger partial charge in [0.05, 0.1) is 15.2 Å². The van der Waals surface area contributed by atoms with Crippen LogP contribution in [0.4, 0.5) is 0 Å². The van der Waals surface area contributed by atoms with Crippen molar-refractivity contribution in [3.8, 4) is 0 Å². The van der Waals surface area contributed by atoms with E-state index in [9.17, 15) is 4.79 Å². The summed E-state index contributed by atoms with van der Waals surface area (Å²) in [4.78, 5) is 15.5. The first kappa shape index (κ1) is 12.4. The summed E-state index contributed by atoms with van der Waals surface area (Å²) in [5.41, 5.74) is 5.20. The molecule has 1 aliphatic carbocycles. The Morgan fingerprint density at radius 2 is 2.32 bits per heavy atom. The molecule has 1 N–H and O–H groups in total. The van der Waals surface area contributed by atoms with Gasteiger partial charge in [-0.05, 0) is 37.0 Å². The van der Waals surface area contributed by atoms with Gasteiger partial charge in [-0.25, -0.2) is 4.98 Å². The van der Waals surface area contributed by atoms with Crippen molar-refractivity contribution in [2.45, 2.75) is 26.7 Å². The maximum Gasteiger partial charge on any atom is 0.217 e. The maximum atomic E-state index is 10.9. The van der Waals surface area contributed by atoms with Crippen LogP contribution in [0.25, 0.3) is 15.8 Å². The molecule has 19 heavy (non-hydrogen) atoms. The van der Waals surface area contributed by atoms with Crippen LogP contribution >= 0.6 is 11.3 Å². The van der Waals surface area contributed by atoms with E-state index in [1.807, 2.05) is 6.92 Å². The van der Waals surface area contributed by atoms with Gasteiger partial charge in [-0.1, -0.05) is 12.1 Å². The summed E-state index contributed by atoms with van der Waals surface area (Å²) >= 11 is 1.76. The van der Waals surface area contributed by atoms with Gasteiger partial charge >= 0.3 is 0 Å². The van der Waals surface area contributed by atoms with Crippen molar-refractivity contribution >= 4 is 33.0 Å². The summed E-state index contributed by atoms with van der Waals surface area (Å²) in [5.74, 6) is 0.0157. The third-order valence-electron chi connectivity index (χ3n) is 3.44. The summed E-state index contributed by atoms with van der Waals surface area (Å²) < 4.78 is 1.29. The van der Waals surface area contributed by atoms with E-state index in [1.54, 1.807) is 18.3 Å². The molecular weight excluding hydrogens is 256 g/mol. The molecule has 0 fully saturated rings. The molecule has 0 aliphatic heterocycles. The number of allylic oxidation sites excluding steroid dienone is 1.